The van der Waals surface area contributed by atoms with Crippen molar-refractivity contribution in [3.63, 3.8) is 0 Å². The molecule has 0 saturated carbocycles. The third kappa shape index (κ3) is 5.52. The first-order valence-corrected chi connectivity index (χ1v) is 13.0. The Hall–Kier alpha value is -3.69. The molecule has 0 unspecified atom stereocenters. The van der Waals surface area contributed by atoms with Gasteiger partial charge in [-0.2, -0.15) is 0 Å². The van der Waals surface area contributed by atoms with Crippen LogP contribution in [0.15, 0.2) is 94.9 Å². The molecule has 0 aliphatic heterocycles. The van der Waals surface area contributed by atoms with Gasteiger partial charge in [0.05, 0.1) is 22.5 Å². The Balaban J connectivity index is 1.38. The molecule has 0 aliphatic rings. The largest absolute Gasteiger partial charge is 0.325 e. The van der Waals surface area contributed by atoms with Gasteiger partial charge in [-0.05, 0) is 36.2 Å². The molecule has 35 heavy (non-hydrogen) atoms. The molecule has 1 N–H and O–H groups in total. The maximum absolute atomic E-state index is 12.7. The SMILES string of the molecule is O=C(CSc1nnc(Cn2c(=O)sc3ccccc32)n1CCc1ccccc1)Nc1ccccc1. The Kier molecular flexibility index (Phi) is 7.06. The van der Waals surface area contributed by atoms with Crippen molar-refractivity contribution in [3.8, 4) is 0 Å². The molecule has 0 spiro atoms. The van der Waals surface area contributed by atoms with Crippen LogP contribution in [0.25, 0.3) is 10.2 Å². The van der Waals surface area contributed by atoms with Gasteiger partial charge in [0.25, 0.3) is 0 Å². The number of nitrogens with zero attached hydrogens (tertiary/aromatic N) is 4. The predicted molar refractivity (Wildman–Crippen MR) is 141 cm³/mol. The number of carbonyl (C=O) groups excluding carboxylic acids is 1. The lowest BCUT2D eigenvalue weighted by Crippen LogP contribution is -2.18. The normalized spacial score (nSPS) is 11.1. The summed E-state index contributed by atoms with van der Waals surface area (Å²) in [5.74, 6) is 0.789. The number of hydrogen-bond donors (Lipinski definition) is 1. The first-order valence-electron chi connectivity index (χ1n) is 11.2. The Bertz CT molecular complexity index is 1490. The summed E-state index contributed by atoms with van der Waals surface area (Å²) in [4.78, 5) is 25.2. The van der Waals surface area contributed by atoms with Crippen molar-refractivity contribution in [3.05, 3.63) is 106 Å². The third-order valence-electron chi connectivity index (χ3n) is 5.52. The van der Waals surface area contributed by atoms with Crippen molar-refractivity contribution < 1.29 is 4.79 Å². The first-order chi connectivity index (χ1) is 17.2. The van der Waals surface area contributed by atoms with E-state index in [0.29, 0.717) is 24.1 Å². The number of fused-ring (bicyclic) bond motifs is 1. The number of benzene rings is 3. The third-order valence-corrected chi connectivity index (χ3v) is 7.45. The zero-order valence-electron chi connectivity index (χ0n) is 18.8. The molecule has 2 heterocycles. The van der Waals surface area contributed by atoms with Crippen molar-refractivity contribution in [2.45, 2.75) is 24.7 Å². The summed E-state index contributed by atoms with van der Waals surface area (Å²) < 4.78 is 4.70. The highest BCUT2D eigenvalue weighted by Crippen LogP contribution is 2.21. The summed E-state index contributed by atoms with van der Waals surface area (Å²) in [6, 6.07) is 27.3. The van der Waals surface area contributed by atoms with Gasteiger partial charge in [-0.1, -0.05) is 83.8 Å². The number of thiazole rings is 1. The number of carbonyl (C=O) groups is 1. The molecule has 9 heteroatoms. The number of rotatable bonds is 9. The lowest BCUT2D eigenvalue weighted by atomic mass is 10.1. The summed E-state index contributed by atoms with van der Waals surface area (Å²) in [5.41, 5.74) is 2.84. The minimum atomic E-state index is -0.111. The molecule has 176 valence electrons. The van der Waals surface area contributed by atoms with Crippen molar-refractivity contribution in [2.75, 3.05) is 11.1 Å². The standard InChI is InChI=1S/C26H23N5O2S2/c32-24(27-20-11-5-2-6-12-20)18-34-25-29-28-23(30(25)16-15-19-9-3-1-4-10-19)17-31-21-13-7-8-14-22(21)35-26(31)33/h1-14H,15-18H2,(H,27,32). The van der Waals surface area contributed by atoms with Gasteiger partial charge < -0.3 is 9.88 Å². The second kappa shape index (κ2) is 10.7. The zero-order valence-corrected chi connectivity index (χ0v) is 20.5. The average Bonchev–Trinajstić information content (AvgIpc) is 3.42. The minimum absolute atomic E-state index is 0.0275. The molecule has 0 aliphatic carbocycles. The molecule has 3 aromatic carbocycles. The maximum Gasteiger partial charge on any atom is 0.308 e. The van der Waals surface area contributed by atoms with E-state index in [9.17, 15) is 9.59 Å². The second-order valence-corrected chi connectivity index (χ2v) is 9.85. The van der Waals surface area contributed by atoms with E-state index in [-0.39, 0.29) is 16.5 Å². The van der Waals surface area contributed by atoms with E-state index >= 15 is 0 Å². The van der Waals surface area contributed by atoms with E-state index in [1.54, 1.807) is 4.57 Å². The van der Waals surface area contributed by atoms with Crippen LogP contribution in [0, 0.1) is 0 Å². The van der Waals surface area contributed by atoms with E-state index < -0.39 is 0 Å². The fourth-order valence-corrected chi connectivity index (χ4v) is 5.48. The highest BCUT2D eigenvalue weighted by Gasteiger charge is 2.17. The fraction of sp³-hybridized carbons (Fsp3) is 0.154. The number of para-hydroxylation sites is 2. The molecular weight excluding hydrogens is 478 g/mol. The number of anilines is 1. The molecule has 5 rings (SSSR count). The van der Waals surface area contributed by atoms with E-state index in [4.69, 9.17) is 0 Å². The zero-order chi connectivity index (χ0) is 24.0. The first kappa shape index (κ1) is 23.1. The van der Waals surface area contributed by atoms with Crippen LogP contribution in [0.5, 0.6) is 0 Å². The number of nitrogens with one attached hydrogen (secondary N) is 1. The van der Waals surface area contributed by atoms with Crippen LogP contribution in [0.2, 0.25) is 0 Å². The lowest BCUT2D eigenvalue weighted by Gasteiger charge is -2.11. The molecule has 2 aromatic heterocycles. The Morgan fingerprint density at radius 1 is 0.886 bits per heavy atom. The average molecular weight is 502 g/mol. The van der Waals surface area contributed by atoms with Gasteiger partial charge >= 0.3 is 4.87 Å². The number of hydrogen-bond acceptors (Lipinski definition) is 6. The summed E-state index contributed by atoms with van der Waals surface area (Å²) in [7, 11) is 0. The van der Waals surface area contributed by atoms with Gasteiger partial charge in [0.2, 0.25) is 5.91 Å². The van der Waals surface area contributed by atoms with E-state index in [1.807, 2.05) is 77.4 Å². The smallest absolute Gasteiger partial charge is 0.308 e. The highest BCUT2D eigenvalue weighted by atomic mass is 32.2. The quantitative estimate of drug-likeness (QED) is 0.297. The van der Waals surface area contributed by atoms with Crippen LogP contribution in [0.3, 0.4) is 0 Å². The Morgan fingerprint density at radius 2 is 1.60 bits per heavy atom. The molecule has 5 aromatic rings. The van der Waals surface area contributed by atoms with Gasteiger partial charge in [0.15, 0.2) is 11.0 Å². The molecule has 0 saturated heterocycles. The van der Waals surface area contributed by atoms with Crippen molar-refractivity contribution in [1.29, 1.82) is 0 Å². The topological polar surface area (TPSA) is 81.8 Å². The maximum atomic E-state index is 12.7. The van der Waals surface area contributed by atoms with Gasteiger partial charge in [-0.25, -0.2) is 0 Å². The summed E-state index contributed by atoms with van der Waals surface area (Å²) in [5, 5.41) is 12.4. The Morgan fingerprint density at radius 3 is 2.40 bits per heavy atom. The molecule has 0 radical (unpaired) electrons. The minimum Gasteiger partial charge on any atom is -0.325 e. The Labute approximate surface area is 210 Å². The number of thioether (sulfide) groups is 1. The van der Waals surface area contributed by atoms with Crippen LogP contribution in [0.4, 0.5) is 5.69 Å². The molecular formula is C26H23N5O2S2. The second-order valence-electron chi connectivity index (χ2n) is 7.91. The van der Waals surface area contributed by atoms with Crippen LogP contribution >= 0.6 is 23.1 Å². The number of aromatic nitrogens is 4. The van der Waals surface area contributed by atoms with Crippen LogP contribution in [-0.2, 0) is 24.3 Å². The van der Waals surface area contributed by atoms with Gasteiger partial charge in [-0.15, -0.1) is 10.2 Å². The molecule has 0 bridgehead atoms. The number of amides is 1. The van der Waals surface area contributed by atoms with Crippen LogP contribution in [0.1, 0.15) is 11.4 Å². The summed E-state index contributed by atoms with van der Waals surface area (Å²) in [6.45, 7) is 0.965. The summed E-state index contributed by atoms with van der Waals surface area (Å²) in [6.07, 6.45) is 0.787. The van der Waals surface area contributed by atoms with Gasteiger partial charge in [0, 0.05) is 12.2 Å². The highest BCUT2D eigenvalue weighted by molar-refractivity contribution is 7.99. The van der Waals surface area contributed by atoms with Crippen molar-refractivity contribution in [2.24, 2.45) is 0 Å². The summed E-state index contributed by atoms with van der Waals surface area (Å²) >= 11 is 2.57. The van der Waals surface area contributed by atoms with Gasteiger partial charge in [0.1, 0.15) is 0 Å². The molecule has 1 amide bonds. The van der Waals surface area contributed by atoms with E-state index in [2.05, 4.69) is 27.6 Å². The molecule has 7 nitrogen and oxygen atoms in total. The molecule has 0 fully saturated rings. The number of aryl methyl sites for hydroxylation is 1. The molecule has 0 atom stereocenters. The van der Waals surface area contributed by atoms with E-state index in [1.165, 1.54) is 28.7 Å². The van der Waals surface area contributed by atoms with Crippen molar-refractivity contribution >= 4 is 44.9 Å². The van der Waals surface area contributed by atoms with Gasteiger partial charge in [-0.3, -0.25) is 14.2 Å². The van der Waals surface area contributed by atoms with Crippen molar-refractivity contribution in [1.82, 2.24) is 19.3 Å². The van der Waals surface area contributed by atoms with Crippen LogP contribution in [-0.4, -0.2) is 31.0 Å². The lowest BCUT2D eigenvalue weighted by molar-refractivity contribution is -0.113. The predicted octanol–water partition coefficient (Wildman–Crippen LogP) is 4.68. The fourth-order valence-electron chi connectivity index (χ4n) is 3.81. The van der Waals surface area contributed by atoms with E-state index in [0.717, 1.165) is 22.3 Å². The monoisotopic (exact) mass is 501 g/mol. The van der Waals surface area contributed by atoms with Crippen LogP contribution < -0.4 is 10.2 Å².